The topological polar surface area (TPSA) is 49.5 Å². The van der Waals surface area contributed by atoms with Crippen LogP contribution in [0.15, 0.2) is 22.6 Å². The minimum Gasteiger partial charge on any atom is -0.441 e. The molecular weight excluding hydrogens is 326 g/mol. The van der Waals surface area contributed by atoms with Crippen molar-refractivity contribution in [2.24, 2.45) is 0 Å². The van der Waals surface area contributed by atoms with Gasteiger partial charge in [-0.25, -0.2) is 13.8 Å². The number of hydrogen-bond acceptors (Lipinski definition) is 4. The number of aromatic nitrogens is 1. The van der Waals surface area contributed by atoms with Crippen molar-refractivity contribution in [3.05, 3.63) is 41.3 Å². The zero-order valence-corrected chi connectivity index (χ0v) is 14.5. The molecule has 0 bridgehead atoms. The Hall–Kier alpha value is -1.79. The average molecular weight is 350 g/mol. The van der Waals surface area contributed by atoms with Crippen molar-refractivity contribution in [3.63, 3.8) is 0 Å². The van der Waals surface area contributed by atoms with Gasteiger partial charge in [-0.2, -0.15) is 0 Å². The van der Waals surface area contributed by atoms with Crippen molar-refractivity contribution >= 4 is 0 Å². The van der Waals surface area contributed by atoms with Crippen molar-refractivity contribution in [1.29, 1.82) is 0 Å². The number of rotatable bonds is 6. The molecule has 136 valence electrons. The summed E-state index contributed by atoms with van der Waals surface area (Å²) < 4.78 is 32.7. The Kier molecular flexibility index (Phi) is 5.81. The molecule has 1 aliphatic rings. The molecule has 4 nitrogen and oxygen atoms in total. The molecule has 0 aliphatic carbocycles. The molecule has 1 aromatic carbocycles. The molecule has 0 spiro atoms. The molecule has 1 saturated heterocycles. The molecular formula is C19H24F2N2O2. The number of aliphatic hydroxyl groups excluding tert-OH is 1. The summed E-state index contributed by atoms with van der Waals surface area (Å²) in [5, 5.41) is 9.08. The maximum absolute atomic E-state index is 14.0. The second-order valence-corrected chi connectivity index (χ2v) is 6.63. The molecule has 0 saturated carbocycles. The largest absolute Gasteiger partial charge is 0.441 e. The number of halogens is 2. The van der Waals surface area contributed by atoms with E-state index in [1.165, 1.54) is 18.6 Å². The summed E-state index contributed by atoms with van der Waals surface area (Å²) in [6.45, 7) is 3.66. The van der Waals surface area contributed by atoms with Crippen LogP contribution < -0.4 is 0 Å². The summed E-state index contributed by atoms with van der Waals surface area (Å²) in [7, 11) is 0. The second-order valence-electron chi connectivity index (χ2n) is 6.63. The molecule has 2 aromatic rings. The Morgan fingerprint density at radius 2 is 2.16 bits per heavy atom. The van der Waals surface area contributed by atoms with E-state index in [2.05, 4.69) is 9.88 Å². The summed E-state index contributed by atoms with van der Waals surface area (Å²) in [6, 6.07) is 3.82. The SMILES string of the molecule is Cc1oc(-c2ccc(F)cc2F)nc1CN1CCCC[C@@H]1CCCO. The summed E-state index contributed by atoms with van der Waals surface area (Å²) in [4.78, 5) is 6.83. The van der Waals surface area contributed by atoms with Gasteiger partial charge in [-0.1, -0.05) is 6.42 Å². The smallest absolute Gasteiger partial charge is 0.229 e. The number of aryl methyl sites for hydroxylation is 1. The summed E-state index contributed by atoms with van der Waals surface area (Å²) in [6.07, 6.45) is 5.23. The van der Waals surface area contributed by atoms with Crippen molar-refractivity contribution in [3.8, 4) is 11.5 Å². The number of likely N-dealkylation sites (tertiary alicyclic amines) is 1. The Labute approximate surface area is 146 Å². The fraction of sp³-hybridized carbons (Fsp3) is 0.526. The molecule has 2 heterocycles. The highest BCUT2D eigenvalue weighted by molar-refractivity contribution is 5.54. The van der Waals surface area contributed by atoms with E-state index in [0.29, 0.717) is 18.3 Å². The van der Waals surface area contributed by atoms with E-state index in [1.54, 1.807) is 0 Å². The van der Waals surface area contributed by atoms with E-state index in [9.17, 15) is 8.78 Å². The van der Waals surface area contributed by atoms with Crippen LogP contribution in [-0.4, -0.2) is 34.2 Å². The number of oxazole rings is 1. The van der Waals surface area contributed by atoms with Gasteiger partial charge in [0.25, 0.3) is 0 Å². The van der Waals surface area contributed by atoms with Crippen LogP contribution in [0.2, 0.25) is 0 Å². The fourth-order valence-corrected chi connectivity index (χ4v) is 3.47. The maximum Gasteiger partial charge on any atom is 0.229 e. The van der Waals surface area contributed by atoms with Crippen LogP contribution in [-0.2, 0) is 6.54 Å². The first-order valence-corrected chi connectivity index (χ1v) is 8.85. The standard InChI is InChI=1S/C19H24F2N2O2/c1-13-18(12-23-9-3-2-5-15(23)6-4-10-24)22-19(25-13)16-8-7-14(20)11-17(16)21/h7-8,11,15,24H,2-6,9-10,12H2,1H3/t15-/m1/s1. The van der Waals surface area contributed by atoms with Gasteiger partial charge in [-0.15, -0.1) is 0 Å². The molecule has 1 N–H and O–H groups in total. The third-order valence-corrected chi connectivity index (χ3v) is 4.85. The Morgan fingerprint density at radius 1 is 1.32 bits per heavy atom. The van der Waals surface area contributed by atoms with Gasteiger partial charge in [0.05, 0.1) is 11.3 Å². The van der Waals surface area contributed by atoms with Crippen LogP contribution in [0.4, 0.5) is 8.78 Å². The Bertz CT molecular complexity index is 717. The van der Waals surface area contributed by atoms with Crippen LogP contribution >= 0.6 is 0 Å². The van der Waals surface area contributed by atoms with E-state index in [4.69, 9.17) is 9.52 Å². The van der Waals surface area contributed by atoms with Gasteiger partial charge in [-0.05, 0) is 51.3 Å². The molecule has 3 rings (SSSR count). The van der Waals surface area contributed by atoms with E-state index in [0.717, 1.165) is 44.0 Å². The van der Waals surface area contributed by atoms with E-state index in [-0.39, 0.29) is 18.1 Å². The summed E-state index contributed by atoms with van der Waals surface area (Å²) in [5.74, 6) is -0.449. The van der Waals surface area contributed by atoms with Gasteiger partial charge in [0.2, 0.25) is 5.89 Å². The minimum atomic E-state index is -0.674. The zero-order chi connectivity index (χ0) is 17.8. The normalized spacial score (nSPS) is 18.6. The molecule has 1 aromatic heterocycles. The molecule has 6 heteroatoms. The molecule has 0 radical (unpaired) electrons. The second kappa shape index (κ2) is 8.06. The van der Waals surface area contributed by atoms with Crippen LogP contribution in [0.25, 0.3) is 11.5 Å². The first kappa shape index (κ1) is 18.0. The molecule has 1 aliphatic heterocycles. The van der Waals surface area contributed by atoms with Gasteiger partial charge in [0.15, 0.2) is 0 Å². The Balaban J connectivity index is 1.77. The lowest BCUT2D eigenvalue weighted by molar-refractivity contribution is 0.122. The lowest BCUT2D eigenvalue weighted by atomic mass is 9.98. The highest BCUT2D eigenvalue weighted by Crippen LogP contribution is 2.28. The lowest BCUT2D eigenvalue weighted by Gasteiger charge is -2.35. The van der Waals surface area contributed by atoms with Crippen LogP contribution in [0.1, 0.15) is 43.6 Å². The lowest BCUT2D eigenvalue weighted by Crippen LogP contribution is -2.39. The number of piperidine rings is 1. The monoisotopic (exact) mass is 350 g/mol. The van der Waals surface area contributed by atoms with Crippen molar-refractivity contribution in [1.82, 2.24) is 9.88 Å². The van der Waals surface area contributed by atoms with Crippen molar-refractivity contribution < 1.29 is 18.3 Å². The highest BCUT2D eigenvalue weighted by Gasteiger charge is 2.24. The number of aliphatic hydroxyl groups is 1. The van der Waals surface area contributed by atoms with Crippen LogP contribution in [0, 0.1) is 18.6 Å². The third kappa shape index (κ3) is 4.25. The predicted molar refractivity (Wildman–Crippen MR) is 91.0 cm³/mol. The fourth-order valence-electron chi connectivity index (χ4n) is 3.47. The molecule has 1 atom stereocenters. The van der Waals surface area contributed by atoms with Gasteiger partial charge >= 0.3 is 0 Å². The van der Waals surface area contributed by atoms with Crippen LogP contribution in [0.5, 0.6) is 0 Å². The summed E-state index contributed by atoms with van der Waals surface area (Å²) >= 11 is 0. The molecule has 0 unspecified atom stereocenters. The van der Waals surface area contributed by atoms with E-state index < -0.39 is 11.6 Å². The van der Waals surface area contributed by atoms with Crippen LogP contribution in [0.3, 0.4) is 0 Å². The van der Waals surface area contributed by atoms with Crippen molar-refractivity contribution in [2.75, 3.05) is 13.2 Å². The van der Waals surface area contributed by atoms with Gasteiger partial charge < -0.3 is 9.52 Å². The molecule has 0 amide bonds. The number of nitrogens with zero attached hydrogens (tertiary/aromatic N) is 2. The molecule has 1 fully saturated rings. The summed E-state index contributed by atoms with van der Waals surface area (Å²) in [5.41, 5.74) is 0.959. The predicted octanol–water partition coefficient (Wildman–Crippen LogP) is 4.06. The first-order chi connectivity index (χ1) is 12.1. The average Bonchev–Trinajstić information content (AvgIpc) is 2.94. The van der Waals surface area contributed by atoms with Gasteiger partial charge in [0.1, 0.15) is 17.4 Å². The highest BCUT2D eigenvalue weighted by atomic mass is 19.1. The van der Waals surface area contributed by atoms with Gasteiger partial charge in [0, 0.05) is 25.3 Å². The third-order valence-electron chi connectivity index (χ3n) is 4.85. The van der Waals surface area contributed by atoms with E-state index >= 15 is 0 Å². The number of benzene rings is 1. The zero-order valence-electron chi connectivity index (χ0n) is 14.5. The van der Waals surface area contributed by atoms with Gasteiger partial charge in [-0.3, -0.25) is 4.90 Å². The van der Waals surface area contributed by atoms with Crippen molar-refractivity contribution in [2.45, 2.75) is 51.6 Å². The van der Waals surface area contributed by atoms with E-state index in [1.807, 2.05) is 6.92 Å². The number of hydrogen-bond donors (Lipinski definition) is 1. The minimum absolute atomic E-state index is 0.172. The maximum atomic E-state index is 14.0. The first-order valence-electron chi connectivity index (χ1n) is 8.85. The quantitative estimate of drug-likeness (QED) is 0.854. The Morgan fingerprint density at radius 3 is 2.92 bits per heavy atom. The molecule has 25 heavy (non-hydrogen) atoms.